The van der Waals surface area contributed by atoms with Gasteiger partial charge < -0.3 is 5.11 Å². The highest BCUT2D eigenvalue weighted by Gasteiger charge is 2.06. The van der Waals surface area contributed by atoms with E-state index in [1.807, 2.05) is 20.8 Å². The molecule has 0 fully saturated rings. The maximum absolute atomic E-state index is 11.6. The smallest absolute Gasteiger partial charge is 0.186 e. The summed E-state index contributed by atoms with van der Waals surface area (Å²) in [7, 11) is 0. The summed E-state index contributed by atoms with van der Waals surface area (Å²) in [6.45, 7) is 5.58. The van der Waals surface area contributed by atoms with E-state index < -0.39 is 0 Å². The molecule has 0 saturated heterocycles. The maximum Gasteiger partial charge on any atom is 0.186 e. The van der Waals surface area contributed by atoms with E-state index in [9.17, 15) is 9.90 Å². The van der Waals surface area contributed by atoms with E-state index in [4.69, 9.17) is 0 Å². The van der Waals surface area contributed by atoms with Gasteiger partial charge in [0.25, 0.3) is 0 Å². The molecule has 1 N–H and O–H groups in total. The molecule has 0 atom stereocenters. The Morgan fingerprint density at radius 2 is 2.00 bits per heavy atom. The van der Waals surface area contributed by atoms with Crippen molar-refractivity contribution in [2.45, 2.75) is 20.8 Å². The third-order valence-corrected chi connectivity index (χ3v) is 1.90. The fraction of sp³-hybridized carbons (Fsp3) is 0.250. The third-order valence-electron chi connectivity index (χ3n) is 1.90. The van der Waals surface area contributed by atoms with E-state index in [1.165, 1.54) is 6.07 Å². The summed E-state index contributed by atoms with van der Waals surface area (Å²) in [5.41, 5.74) is 2.42. The molecular formula is C12H14O2. The number of aryl methyl sites for hydroxylation is 1. The summed E-state index contributed by atoms with van der Waals surface area (Å²) in [6.07, 6.45) is 1.60. The van der Waals surface area contributed by atoms with Gasteiger partial charge in [-0.3, -0.25) is 4.79 Å². The fourth-order valence-electron chi connectivity index (χ4n) is 1.26. The van der Waals surface area contributed by atoms with Gasteiger partial charge in [0.1, 0.15) is 5.75 Å². The Kier molecular flexibility index (Phi) is 3.07. The number of carbonyl (C=O) groups excluding carboxylic acids is 1. The second-order valence-electron chi connectivity index (χ2n) is 3.59. The zero-order valence-electron chi connectivity index (χ0n) is 8.66. The van der Waals surface area contributed by atoms with Gasteiger partial charge in [-0.25, -0.2) is 0 Å². The molecule has 0 unspecified atom stereocenters. The van der Waals surface area contributed by atoms with E-state index in [-0.39, 0.29) is 11.5 Å². The number of carbonyl (C=O) groups is 1. The van der Waals surface area contributed by atoms with Crippen LogP contribution in [0.3, 0.4) is 0 Å². The molecule has 2 heteroatoms. The Morgan fingerprint density at radius 3 is 2.50 bits per heavy atom. The van der Waals surface area contributed by atoms with Crippen molar-refractivity contribution in [3.05, 3.63) is 41.0 Å². The fourth-order valence-corrected chi connectivity index (χ4v) is 1.26. The van der Waals surface area contributed by atoms with Gasteiger partial charge in [0, 0.05) is 5.56 Å². The van der Waals surface area contributed by atoms with Crippen LogP contribution in [-0.4, -0.2) is 10.9 Å². The summed E-state index contributed by atoms with van der Waals surface area (Å²) in [6, 6.07) is 4.76. The molecule has 14 heavy (non-hydrogen) atoms. The van der Waals surface area contributed by atoms with Crippen LogP contribution in [0.25, 0.3) is 0 Å². The van der Waals surface area contributed by atoms with Crippen LogP contribution in [0.2, 0.25) is 0 Å². The van der Waals surface area contributed by atoms with Crippen LogP contribution in [0.5, 0.6) is 5.75 Å². The van der Waals surface area contributed by atoms with Crippen LogP contribution in [0.4, 0.5) is 0 Å². The Morgan fingerprint density at radius 1 is 1.36 bits per heavy atom. The monoisotopic (exact) mass is 190 g/mol. The molecule has 0 radical (unpaired) electrons. The summed E-state index contributed by atoms with van der Waals surface area (Å²) in [5.74, 6) is 0.179. The Bertz CT molecular complexity index is 385. The van der Waals surface area contributed by atoms with E-state index in [0.717, 1.165) is 11.1 Å². The summed E-state index contributed by atoms with van der Waals surface area (Å²) >= 11 is 0. The molecule has 0 bridgehead atoms. The van der Waals surface area contributed by atoms with Crippen LogP contribution >= 0.6 is 0 Å². The van der Waals surface area contributed by atoms with Crippen molar-refractivity contribution in [2.75, 3.05) is 0 Å². The van der Waals surface area contributed by atoms with Crippen molar-refractivity contribution in [2.24, 2.45) is 0 Å². The molecule has 1 aromatic carbocycles. The molecule has 74 valence electrons. The highest BCUT2D eigenvalue weighted by atomic mass is 16.3. The summed E-state index contributed by atoms with van der Waals surface area (Å²) in [5, 5.41) is 9.17. The molecule has 0 aromatic heterocycles. The number of hydrogen-bond acceptors (Lipinski definition) is 2. The van der Waals surface area contributed by atoms with Crippen LogP contribution in [0.15, 0.2) is 29.8 Å². The van der Waals surface area contributed by atoms with Gasteiger partial charge in [-0.05, 0) is 50.6 Å². The van der Waals surface area contributed by atoms with Crippen molar-refractivity contribution >= 4 is 5.78 Å². The molecule has 1 aromatic rings. The van der Waals surface area contributed by atoms with Crippen molar-refractivity contribution in [1.29, 1.82) is 0 Å². The largest absolute Gasteiger partial charge is 0.508 e. The van der Waals surface area contributed by atoms with Crippen molar-refractivity contribution < 1.29 is 9.90 Å². The van der Waals surface area contributed by atoms with Gasteiger partial charge in [-0.15, -0.1) is 0 Å². The molecule has 0 aliphatic rings. The average molecular weight is 190 g/mol. The minimum absolute atomic E-state index is 0.0116. The van der Waals surface area contributed by atoms with Gasteiger partial charge in [0.2, 0.25) is 0 Å². The first kappa shape index (κ1) is 10.5. The first-order valence-electron chi connectivity index (χ1n) is 4.49. The average Bonchev–Trinajstić information content (AvgIpc) is 2.01. The predicted octanol–water partition coefficient (Wildman–Crippen LogP) is 2.85. The first-order valence-corrected chi connectivity index (χ1v) is 4.49. The van der Waals surface area contributed by atoms with E-state index in [1.54, 1.807) is 18.2 Å². The number of hydrogen-bond donors (Lipinski definition) is 1. The van der Waals surface area contributed by atoms with Crippen molar-refractivity contribution in [1.82, 2.24) is 0 Å². The maximum atomic E-state index is 11.6. The second-order valence-corrected chi connectivity index (χ2v) is 3.59. The zero-order chi connectivity index (χ0) is 10.7. The Labute approximate surface area is 83.9 Å². The second kappa shape index (κ2) is 4.09. The highest BCUT2D eigenvalue weighted by molar-refractivity contribution is 6.05. The van der Waals surface area contributed by atoms with E-state index >= 15 is 0 Å². The highest BCUT2D eigenvalue weighted by Crippen LogP contribution is 2.16. The van der Waals surface area contributed by atoms with Crippen LogP contribution < -0.4 is 0 Å². The lowest BCUT2D eigenvalue weighted by Gasteiger charge is -2.02. The minimum atomic E-state index is -0.0116. The van der Waals surface area contributed by atoms with Gasteiger partial charge >= 0.3 is 0 Å². The van der Waals surface area contributed by atoms with Crippen molar-refractivity contribution in [3.63, 3.8) is 0 Å². The molecule has 0 saturated carbocycles. The lowest BCUT2D eigenvalue weighted by molar-refractivity contribution is 0.104. The number of allylic oxidation sites excluding steroid dienone is 2. The molecule has 0 aliphatic carbocycles. The Hall–Kier alpha value is -1.57. The molecule has 0 spiro atoms. The van der Waals surface area contributed by atoms with E-state index in [0.29, 0.717) is 5.56 Å². The Balaban J connectivity index is 3.08. The molecule has 0 amide bonds. The van der Waals surface area contributed by atoms with Crippen LogP contribution in [0, 0.1) is 6.92 Å². The van der Waals surface area contributed by atoms with Gasteiger partial charge in [-0.2, -0.15) is 0 Å². The number of benzene rings is 1. The predicted molar refractivity (Wildman–Crippen MR) is 56.6 cm³/mol. The summed E-state index contributed by atoms with van der Waals surface area (Å²) < 4.78 is 0. The quantitative estimate of drug-likeness (QED) is 0.575. The van der Waals surface area contributed by atoms with Crippen LogP contribution in [0.1, 0.15) is 29.8 Å². The standard InChI is InChI=1S/C12H14O2/c1-8(2)6-12(14)11-5-4-10(13)7-9(11)3/h4-7,13H,1-3H3. The number of aromatic hydroxyl groups is 1. The van der Waals surface area contributed by atoms with E-state index in [2.05, 4.69) is 0 Å². The number of phenolic OH excluding ortho intramolecular Hbond substituents is 1. The van der Waals surface area contributed by atoms with Gasteiger partial charge in [-0.1, -0.05) is 5.57 Å². The van der Waals surface area contributed by atoms with Gasteiger partial charge in [0.15, 0.2) is 5.78 Å². The minimum Gasteiger partial charge on any atom is -0.508 e. The van der Waals surface area contributed by atoms with Crippen molar-refractivity contribution in [3.8, 4) is 5.75 Å². The van der Waals surface area contributed by atoms with Crippen LogP contribution in [-0.2, 0) is 0 Å². The number of rotatable bonds is 2. The number of phenols is 1. The molecule has 0 aliphatic heterocycles. The SMILES string of the molecule is CC(C)=CC(=O)c1ccc(O)cc1C. The van der Waals surface area contributed by atoms with Gasteiger partial charge in [0.05, 0.1) is 0 Å². The molecule has 0 heterocycles. The first-order chi connectivity index (χ1) is 6.50. The summed E-state index contributed by atoms with van der Waals surface area (Å²) in [4.78, 5) is 11.6. The number of ketones is 1. The lowest BCUT2D eigenvalue weighted by atomic mass is 10.0. The topological polar surface area (TPSA) is 37.3 Å². The molecule has 1 rings (SSSR count). The lowest BCUT2D eigenvalue weighted by Crippen LogP contribution is -1.97. The molecular weight excluding hydrogens is 176 g/mol. The third kappa shape index (κ3) is 2.46. The zero-order valence-corrected chi connectivity index (χ0v) is 8.66. The normalized spacial score (nSPS) is 9.64. The molecule has 2 nitrogen and oxygen atoms in total.